The van der Waals surface area contributed by atoms with Gasteiger partial charge in [0.05, 0.1) is 0 Å². The minimum Gasteiger partial charge on any atom is -0.455 e. The Morgan fingerprint density at radius 2 is 0.843 bits per heavy atom. The molecule has 11 aromatic rings. The van der Waals surface area contributed by atoms with E-state index in [-0.39, 0.29) is 0 Å². The first-order valence-corrected chi connectivity index (χ1v) is 17.2. The third-order valence-electron chi connectivity index (χ3n) is 10.3. The molecule has 2 heterocycles. The highest BCUT2D eigenvalue weighted by molar-refractivity contribution is 6.34. The molecule has 0 N–H and O–H groups in total. The maximum absolute atomic E-state index is 6.48. The van der Waals surface area contributed by atoms with E-state index in [9.17, 15) is 0 Å². The van der Waals surface area contributed by atoms with Crippen LogP contribution in [0.5, 0.6) is 0 Å². The van der Waals surface area contributed by atoms with Gasteiger partial charge < -0.3 is 4.42 Å². The highest BCUT2D eigenvalue weighted by Crippen LogP contribution is 2.43. The van der Waals surface area contributed by atoms with Gasteiger partial charge in [-0.2, -0.15) is 0 Å². The van der Waals surface area contributed by atoms with E-state index in [1.54, 1.807) is 0 Å². The molecule has 9 aromatic carbocycles. The Bertz CT molecular complexity index is 3200. The quantitative estimate of drug-likeness (QED) is 0.179. The zero-order valence-electron chi connectivity index (χ0n) is 27.3. The molecule has 11 rings (SSSR count). The summed E-state index contributed by atoms with van der Waals surface area (Å²) in [7, 11) is 0. The summed E-state index contributed by atoms with van der Waals surface area (Å²) < 4.78 is 6.48. The third kappa shape index (κ3) is 4.30. The van der Waals surface area contributed by atoms with Gasteiger partial charge in [0.15, 0.2) is 17.5 Å². The molecule has 0 spiro atoms. The smallest absolute Gasteiger partial charge is 0.164 e. The van der Waals surface area contributed by atoms with Crippen molar-refractivity contribution in [3.8, 4) is 34.2 Å². The first kappa shape index (κ1) is 28.0. The van der Waals surface area contributed by atoms with Crippen LogP contribution in [0.25, 0.3) is 110 Å². The molecule has 0 radical (unpaired) electrons. The molecule has 0 saturated carbocycles. The van der Waals surface area contributed by atoms with Gasteiger partial charge in [0, 0.05) is 32.8 Å². The molecule has 0 aliphatic heterocycles. The number of aromatic nitrogens is 3. The van der Waals surface area contributed by atoms with Gasteiger partial charge in [0.25, 0.3) is 0 Å². The number of rotatable bonds is 3. The average molecular weight is 650 g/mol. The van der Waals surface area contributed by atoms with E-state index in [0.717, 1.165) is 54.8 Å². The monoisotopic (exact) mass is 649 g/mol. The van der Waals surface area contributed by atoms with E-state index in [1.165, 1.54) is 37.7 Å². The fraction of sp³-hybridized carbons (Fsp3) is 0. The van der Waals surface area contributed by atoms with E-state index in [2.05, 4.69) is 127 Å². The maximum Gasteiger partial charge on any atom is 0.164 e. The SMILES string of the molecule is c1ccc(-c2nc(-c3ccc4c(ccc5ccccc54)c3)nc(-c3ccc4c(ccc5c4c4ccccc4c4oc6ccccc6c54)c3)n2)cc1. The van der Waals surface area contributed by atoms with Crippen molar-refractivity contribution in [3.05, 3.63) is 164 Å². The standard InChI is InChI=1S/C47H27N3O/c1-2-11-29(12-3-1)45-48-46(32-21-23-35-30(26-32)19-18-28-10-4-5-13-34(28)35)50-47(49-45)33-22-24-36-31(27-33)20-25-40-42(36)37-14-6-7-15-38(37)44-43(40)39-16-8-9-17-41(39)51-44/h1-27H. The van der Waals surface area contributed by atoms with E-state index < -0.39 is 0 Å². The predicted molar refractivity (Wildman–Crippen MR) is 211 cm³/mol. The number of benzene rings is 9. The van der Waals surface area contributed by atoms with Crippen molar-refractivity contribution in [2.24, 2.45) is 0 Å². The fourth-order valence-electron chi connectivity index (χ4n) is 7.87. The lowest BCUT2D eigenvalue weighted by molar-refractivity contribution is 0.673. The van der Waals surface area contributed by atoms with Crippen LogP contribution in [-0.2, 0) is 0 Å². The van der Waals surface area contributed by atoms with Crippen molar-refractivity contribution in [1.29, 1.82) is 0 Å². The van der Waals surface area contributed by atoms with Crippen molar-refractivity contribution in [3.63, 3.8) is 0 Å². The van der Waals surface area contributed by atoms with Crippen LogP contribution in [0.3, 0.4) is 0 Å². The molecule has 0 unspecified atom stereocenters. The van der Waals surface area contributed by atoms with Crippen LogP contribution in [0.1, 0.15) is 0 Å². The second-order valence-electron chi connectivity index (χ2n) is 13.2. The van der Waals surface area contributed by atoms with Gasteiger partial charge in [-0.1, -0.05) is 146 Å². The second-order valence-corrected chi connectivity index (χ2v) is 13.2. The van der Waals surface area contributed by atoms with Crippen molar-refractivity contribution in [2.75, 3.05) is 0 Å². The molecule has 0 saturated heterocycles. The number of fused-ring (bicyclic) bond motifs is 13. The van der Waals surface area contributed by atoms with Crippen molar-refractivity contribution in [1.82, 2.24) is 15.0 Å². The topological polar surface area (TPSA) is 51.8 Å². The Morgan fingerprint density at radius 3 is 1.63 bits per heavy atom. The summed E-state index contributed by atoms with van der Waals surface area (Å²) in [5.74, 6) is 1.93. The highest BCUT2D eigenvalue weighted by atomic mass is 16.3. The molecule has 0 aliphatic carbocycles. The predicted octanol–water partition coefficient (Wildman–Crippen LogP) is 12.5. The van der Waals surface area contributed by atoms with Crippen molar-refractivity contribution < 1.29 is 4.42 Å². The first-order chi connectivity index (χ1) is 25.3. The molecule has 51 heavy (non-hydrogen) atoms. The van der Waals surface area contributed by atoms with Crippen LogP contribution in [0.4, 0.5) is 0 Å². The Labute approximate surface area is 292 Å². The first-order valence-electron chi connectivity index (χ1n) is 17.2. The number of para-hydroxylation sites is 1. The minimum atomic E-state index is 0.639. The van der Waals surface area contributed by atoms with Crippen LogP contribution < -0.4 is 0 Å². The van der Waals surface area contributed by atoms with Crippen LogP contribution in [0, 0.1) is 0 Å². The third-order valence-corrected chi connectivity index (χ3v) is 10.3. The van der Waals surface area contributed by atoms with Crippen molar-refractivity contribution in [2.45, 2.75) is 0 Å². The van der Waals surface area contributed by atoms with Crippen LogP contribution in [0.2, 0.25) is 0 Å². The number of furan rings is 1. The summed E-state index contributed by atoms with van der Waals surface area (Å²) in [6.07, 6.45) is 0. The Balaban J connectivity index is 1.13. The molecule has 0 fully saturated rings. The molecule has 0 bridgehead atoms. The van der Waals surface area contributed by atoms with E-state index in [1.807, 2.05) is 36.4 Å². The molecule has 2 aromatic heterocycles. The van der Waals surface area contributed by atoms with E-state index >= 15 is 0 Å². The fourth-order valence-corrected chi connectivity index (χ4v) is 7.87. The molecular weight excluding hydrogens is 623 g/mol. The molecule has 0 atom stereocenters. The summed E-state index contributed by atoms with van der Waals surface area (Å²) >= 11 is 0. The van der Waals surface area contributed by atoms with Gasteiger partial charge >= 0.3 is 0 Å². The summed E-state index contributed by atoms with van der Waals surface area (Å²) in [6.45, 7) is 0. The molecule has 4 nitrogen and oxygen atoms in total. The zero-order valence-corrected chi connectivity index (χ0v) is 27.3. The summed E-state index contributed by atoms with van der Waals surface area (Å²) in [5.41, 5.74) is 4.68. The number of hydrogen-bond acceptors (Lipinski definition) is 4. The van der Waals surface area contributed by atoms with Crippen molar-refractivity contribution >= 4 is 75.8 Å². The maximum atomic E-state index is 6.48. The van der Waals surface area contributed by atoms with Gasteiger partial charge in [0.1, 0.15) is 11.2 Å². The van der Waals surface area contributed by atoms with Crippen LogP contribution in [-0.4, -0.2) is 15.0 Å². The second kappa shape index (κ2) is 10.8. The van der Waals surface area contributed by atoms with Gasteiger partial charge in [-0.3, -0.25) is 0 Å². The van der Waals surface area contributed by atoms with Gasteiger partial charge in [0.2, 0.25) is 0 Å². The Kier molecular flexibility index (Phi) is 5.92. The van der Waals surface area contributed by atoms with E-state index in [0.29, 0.717) is 17.5 Å². The van der Waals surface area contributed by atoms with Gasteiger partial charge in [-0.15, -0.1) is 0 Å². The number of nitrogens with zero attached hydrogens (tertiary/aromatic N) is 3. The summed E-state index contributed by atoms with van der Waals surface area (Å²) in [4.78, 5) is 15.2. The number of hydrogen-bond donors (Lipinski definition) is 0. The van der Waals surface area contributed by atoms with Gasteiger partial charge in [-0.05, 0) is 66.7 Å². The normalized spacial score (nSPS) is 11.9. The minimum absolute atomic E-state index is 0.639. The molecule has 236 valence electrons. The van der Waals surface area contributed by atoms with Crippen LogP contribution in [0.15, 0.2) is 168 Å². The lowest BCUT2D eigenvalue weighted by Crippen LogP contribution is -2.00. The average Bonchev–Trinajstić information content (AvgIpc) is 3.60. The molecule has 4 heteroatoms. The molecule has 0 aliphatic rings. The Hall–Kier alpha value is -6.91. The Morgan fingerprint density at radius 1 is 0.314 bits per heavy atom. The van der Waals surface area contributed by atoms with Crippen LogP contribution >= 0.6 is 0 Å². The van der Waals surface area contributed by atoms with E-state index in [4.69, 9.17) is 19.4 Å². The summed E-state index contributed by atoms with van der Waals surface area (Å²) in [5, 5.41) is 14.1. The lowest BCUT2D eigenvalue weighted by atomic mass is 9.92. The molecule has 0 amide bonds. The summed E-state index contributed by atoms with van der Waals surface area (Å²) in [6, 6.07) is 57.4. The van der Waals surface area contributed by atoms with Gasteiger partial charge in [-0.25, -0.2) is 15.0 Å². The zero-order chi connectivity index (χ0) is 33.5. The lowest BCUT2D eigenvalue weighted by Gasteiger charge is -2.12. The highest BCUT2D eigenvalue weighted by Gasteiger charge is 2.18. The molecular formula is C47H27N3O. The largest absolute Gasteiger partial charge is 0.455 e.